The summed E-state index contributed by atoms with van der Waals surface area (Å²) in [4.78, 5) is 11.5. The third-order valence-electron chi connectivity index (χ3n) is 4.13. The Morgan fingerprint density at radius 1 is 1.33 bits per heavy atom. The van der Waals surface area contributed by atoms with Gasteiger partial charge in [-0.25, -0.2) is 0 Å². The fourth-order valence-electron chi connectivity index (χ4n) is 3.23. The minimum atomic E-state index is -0.700. The molecule has 0 aromatic heterocycles. The monoisotopic (exact) mass is 288 g/mol. The lowest BCUT2D eigenvalue weighted by Gasteiger charge is -2.37. The summed E-state index contributed by atoms with van der Waals surface area (Å²) in [7, 11) is 0. The molecule has 0 bridgehead atoms. The smallest absolute Gasteiger partial charge is 0.305 e. The van der Waals surface area contributed by atoms with Crippen LogP contribution in [0.15, 0.2) is 36.8 Å². The molecule has 1 spiro atoms. The molecule has 0 unspecified atom stereocenters. The third kappa shape index (κ3) is 2.75. The summed E-state index contributed by atoms with van der Waals surface area (Å²) >= 11 is 0. The van der Waals surface area contributed by atoms with Crippen molar-refractivity contribution in [2.75, 3.05) is 6.61 Å². The van der Waals surface area contributed by atoms with Crippen molar-refractivity contribution in [1.29, 1.82) is 0 Å². The average Bonchev–Trinajstić information content (AvgIpc) is 2.95. The van der Waals surface area contributed by atoms with Crippen LogP contribution in [0.5, 0.6) is 0 Å². The van der Waals surface area contributed by atoms with Crippen molar-refractivity contribution >= 4 is 5.97 Å². The maximum absolute atomic E-state index is 11.5. The molecule has 0 saturated heterocycles. The lowest BCUT2D eigenvalue weighted by atomic mass is 9.78. The van der Waals surface area contributed by atoms with Crippen molar-refractivity contribution in [2.24, 2.45) is 5.92 Å². The molecule has 0 amide bonds. The molecule has 1 heterocycles. The molecule has 0 N–H and O–H groups in total. The first-order valence-electron chi connectivity index (χ1n) is 7.48. The number of hydrogen-bond donors (Lipinski definition) is 0. The molecule has 1 aliphatic heterocycles. The molecule has 4 heteroatoms. The highest BCUT2D eigenvalue weighted by molar-refractivity contribution is 5.69. The summed E-state index contributed by atoms with van der Waals surface area (Å²) in [6, 6.07) is 8.20. The highest BCUT2D eigenvalue weighted by Crippen LogP contribution is 2.45. The number of carbonyl (C=O) groups is 1. The van der Waals surface area contributed by atoms with E-state index in [1.54, 1.807) is 12.5 Å². The number of carbonyl (C=O) groups excluding carboxylic acids is 1. The highest BCUT2D eigenvalue weighted by atomic mass is 16.7. The van der Waals surface area contributed by atoms with Crippen LogP contribution in [0.4, 0.5) is 0 Å². The van der Waals surface area contributed by atoms with E-state index in [1.165, 1.54) is 5.56 Å². The Kier molecular flexibility index (Phi) is 3.86. The molecule has 0 fully saturated rings. The molecule has 2 aliphatic rings. The largest absolute Gasteiger partial charge is 0.466 e. The maximum atomic E-state index is 11.5. The highest BCUT2D eigenvalue weighted by Gasteiger charge is 2.45. The summed E-state index contributed by atoms with van der Waals surface area (Å²) in [5.74, 6) is -0.477. The van der Waals surface area contributed by atoms with Crippen LogP contribution in [-0.4, -0.2) is 12.6 Å². The van der Waals surface area contributed by atoms with Crippen LogP contribution in [0.1, 0.15) is 37.3 Å². The first-order valence-corrected chi connectivity index (χ1v) is 7.48. The van der Waals surface area contributed by atoms with Crippen LogP contribution in [0, 0.1) is 5.92 Å². The molecule has 0 radical (unpaired) electrons. The van der Waals surface area contributed by atoms with Crippen LogP contribution in [0.25, 0.3) is 0 Å². The molecule has 1 atom stereocenters. The van der Waals surface area contributed by atoms with Crippen molar-refractivity contribution in [3.8, 4) is 0 Å². The van der Waals surface area contributed by atoms with Gasteiger partial charge in [0.15, 0.2) is 0 Å². The van der Waals surface area contributed by atoms with Gasteiger partial charge in [-0.3, -0.25) is 4.79 Å². The zero-order valence-corrected chi connectivity index (χ0v) is 12.2. The summed E-state index contributed by atoms with van der Waals surface area (Å²) in [5, 5.41) is 0. The van der Waals surface area contributed by atoms with Crippen molar-refractivity contribution in [2.45, 2.75) is 38.4 Å². The van der Waals surface area contributed by atoms with Gasteiger partial charge in [0.2, 0.25) is 0 Å². The normalized spacial score (nSPS) is 21.5. The van der Waals surface area contributed by atoms with Crippen LogP contribution in [0.2, 0.25) is 0 Å². The summed E-state index contributed by atoms with van der Waals surface area (Å²) < 4.78 is 16.6. The molecule has 3 rings (SSSR count). The van der Waals surface area contributed by atoms with Gasteiger partial charge in [-0.1, -0.05) is 24.3 Å². The minimum Gasteiger partial charge on any atom is -0.466 e. The summed E-state index contributed by atoms with van der Waals surface area (Å²) in [6.45, 7) is 2.27. The minimum absolute atomic E-state index is 0.128. The van der Waals surface area contributed by atoms with E-state index in [-0.39, 0.29) is 5.97 Å². The molecular formula is C17H20O4. The second-order valence-electron chi connectivity index (χ2n) is 5.54. The first-order chi connectivity index (χ1) is 10.2. The van der Waals surface area contributed by atoms with E-state index in [2.05, 4.69) is 12.1 Å². The fourth-order valence-corrected chi connectivity index (χ4v) is 3.23. The van der Waals surface area contributed by atoms with Crippen LogP contribution in [-0.2, 0) is 31.2 Å². The van der Waals surface area contributed by atoms with E-state index in [0.29, 0.717) is 18.9 Å². The Labute approximate surface area is 124 Å². The van der Waals surface area contributed by atoms with Gasteiger partial charge in [0.25, 0.3) is 5.79 Å². The second-order valence-corrected chi connectivity index (χ2v) is 5.54. The third-order valence-corrected chi connectivity index (χ3v) is 4.13. The zero-order valence-electron chi connectivity index (χ0n) is 12.2. The molecule has 1 aromatic carbocycles. The summed E-state index contributed by atoms with van der Waals surface area (Å²) in [6.07, 6.45) is 6.15. The van der Waals surface area contributed by atoms with Crippen LogP contribution >= 0.6 is 0 Å². The average molecular weight is 288 g/mol. The molecule has 4 nitrogen and oxygen atoms in total. The van der Waals surface area contributed by atoms with Crippen LogP contribution in [0.3, 0.4) is 0 Å². The maximum Gasteiger partial charge on any atom is 0.305 e. The number of fused-ring (bicyclic) bond motifs is 2. The number of hydrogen-bond acceptors (Lipinski definition) is 4. The van der Waals surface area contributed by atoms with E-state index < -0.39 is 5.79 Å². The van der Waals surface area contributed by atoms with Gasteiger partial charge >= 0.3 is 5.97 Å². The quantitative estimate of drug-likeness (QED) is 0.798. The number of ether oxygens (including phenoxy) is 3. The van der Waals surface area contributed by atoms with Gasteiger partial charge in [0.05, 0.1) is 6.61 Å². The van der Waals surface area contributed by atoms with Crippen molar-refractivity contribution in [3.63, 3.8) is 0 Å². The predicted octanol–water partition coefficient (Wildman–Crippen LogP) is 3.26. The molecule has 112 valence electrons. The van der Waals surface area contributed by atoms with Gasteiger partial charge < -0.3 is 14.2 Å². The Balaban J connectivity index is 1.74. The Hall–Kier alpha value is -1.97. The molecule has 0 saturated carbocycles. The topological polar surface area (TPSA) is 44.8 Å². The molecular weight excluding hydrogens is 268 g/mol. The van der Waals surface area contributed by atoms with E-state index in [9.17, 15) is 4.79 Å². The molecule has 1 aliphatic carbocycles. The van der Waals surface area contributed by atoms with E-state index >= 15 is 0 Å². The Morgan fingerprint density at radius 3 is 2.86 bits per heavy atom. The first kappa shape index (κ1) is 14.0. The zero-order chi connectivity index (χ0) is 14.7. The van der Waals surface area contributed by atoms with Crippen molar-refractivity contribution < 1.29 is 19.0 Å². The van der Waals surface area contributed by atoms with Crippen molar-refractivity contribution in [3.05, 3.63) is 47.9 Å². The van der Waals surface area contributed by atoms with Gasteiger partial charge in [-0.2, -0.15) is 0 Å². The standard InChI is InChI=1S/C17H20O4/c1-2-19-16(18)8-7-13-11-14-5-3-4-6-15(14)17(12-13)20-9-10-21-17/h3-6,9-10,13H,2,7-8,11-12H2,1H3/t13-/m1/s1. The van der Waals surface area contributed by atoms with E-state index in [0.717, 1.165) is 24.8 Å². The molecule has 21 heavy (non-hydrogen) atoms. The lowest BCUT2D eigenvalue weighted by Crippen LogP contribution is -2.36. The van der Waals surface area contributed by atoms with Crippen LogP contribution < -0.4 is 0 Å². The van der Waals surface area contributed by atoms with Gasteiger partial charge in [-0.05, 0) is 31.2 Å². The predicted molar refractivity (Wildman–Crippen MR) is 77.1 cm³/mol. The molecule has 1 aromatic rings. The van der Waals surface area contributed by atoms with E-state index in [1.807, 2.05) is 19.1 Å². The van der Waals surface area contributed by atoms with Gasteiger partial charge in [0, 0.05) is 18.4 Å². The van der Waals surface area contributed by atoms with E-state index in [4.69, 9.17) is 14.2 Å². The van der Waals surface area contributed by atoms with Gasteiger partial charge in [-0.15, -0.1) is 0 Å². The second kappa shape index (κ2) is 5.80. The number of rotatable bonds is 4. The van der Waals surface area contributed by atoms with Gasteiger partial charge in [0.1, 0.15) is 12.5 Å². The number of esters is 1. The fraction of sp³-hybridized carbons (Fsp3) is 0.471. The Morgan fingerprint density at radius 2 is 2.10 bits per heavy atom. The SMILES string of the molecule is CCOC(=O)CC[C@@H]1Cc2ccccc2C2(C1)OC=CO2. The Bertz CT molecular complexity index is 541. The summed E-state index contributed by atoms with van der Waals surface area (Å²) in [5.41, 5.74) is 2.34. The van der Waals surface area contributed by atoms with Crippen molar-refractivity contribution in [1.82, 2.24) is 0 Å². The number of benzene rings is 1. The lowest BCUT2D eigenvalue weighted by molar-refractivity contribution is -0.170.